The molecule has 28 heavy (non-hydrogen) atoms. The van der Waals surface area contributed by atoms with E-state index in [0.29, 0.717) is 17.6 Å². The van der Waals surface area contributed by atoms with Gasteiger partial charge in [-0.05, 0) is 48.2 Å². The molecule has 1 amide bonds. The number of ether oxygens (including phenoxy) is 2. The lowest BCUT2D eigenvalue weighted by Crippen LogP contribution is -2.24. The second-order valence-electron chi connectivity index (χ2n) is 6.37. The van der Waals surface area contributed by atoms with Crippen LogP contribution in [0.1, 0.15) is 18.4 Å². The van der Waals surface area contributed by atoms with Crippen LogP contribution >= 0.6 is 0 Å². The predicted molar refractivity (Wildman–Crippen MR) is 90.8 cm³/mol. The van der Waals surface area contributed by atoms with Crippen molar-refractivity contribution in [3.8, 4) is 5.75 Å². The zero-order valence-corrected chi connectivity index (χ0v) is 14.3. The van der Waals surface area contributed by atoms with E-state index in [4.69, 9.17) is 4.74 Å². The molecule has 2 bridgehead atoms. The number of alkyl halides is 3. The number of aromatic nitrogens is 1. The molecule has 2 aliphatic heterocycles. The number of carbonyl (C=O) groups excluding carboxylic acids is 1. The Hall–Kier alpha value is -2.94. The van der Waals surface area contributed by atoms with Crippen molar-refractivity contribution in [1.82, 2.24) is 4.98 Å². The van der Waals surface area contributed by atoms with Gasteiger partial charge in [-0.3, -0.25) is 9.78 Å². The molecule has 1 saturated heterocycles. The molecule has 0 saturated carbocycles. The molecule has 4 rings (SSSR count). The van der Waals surface area contributed by atoms with Crippen LogP contribution in [-0.2, 0) is 9.53 Å². The number of pyridine rings is 1. The Morgan fingerprint density at radius 3 is 2.57 bits per heavy atom. The van der Waals surface area contributed by atoms with Crippen molar-refractivity contribution in [3.63, 3.8) is 0 Å². The van der Waals surface area contributed by atoms with Crippen LogP contribution < -0.4 is 10.1 Å². The first kappa shape index (κ1) is 18.4. The van der Waals surface area contributed by atoms with E-state index >= 15 is 0 Å². The van der Waals surface area contributed by atoms with E-state index in [9.17, 15) is 22.4 Å². The van der Waals surface area contributed by atoms with Crippen molar-refractivity contribution >= 4 is 17.2 Å². The van der Waals surface area contributed by atoms with E-state index in [0.717, 1.165) is 30.2 Å². The molecule has 2 atom stereocenters. The summed E-state index contributed by atoms with van der Waals surface area (Å²) in [6.45, 7) is 0. The van der Waals surface area contributed by atoms with Crippen molar-refractivity contribution in [1.29, 1.82) is 0 Å². The molecule has 146 valence electrons. The number of benzene rings is 1. The summed E-state index contributed by atoms with van der Waals surface area (Å²) in [5.41, 5.74) is 1.40. The molecule has 2 unspecified atom stereocenters. The summed E-state index contributed by atoms with van der Waals surface area (Å²) < 4.78 is 61.0. The van der Waals surface area contributed by atoms with Gasteiger partial charge in [0.05, 0.1) is 23.5 Å². The van der Waals surface area contributed by atoms with Gasteiger partial charge in [-0.25, -0.2) is 4.39 Å². The van der Waals surface area contributed by atoms with Gasteiger partial charge in [-0.2, -0.15) is 0 Å². The predicted octanol–water partition coefficient (Wildman–Crippen LogP) is 4.07. The number of halogens is 4. The van der Waals surface area contributed by atoms with E-state index in [1.54, 1.807) is 24.5 Å². The van der Waals surface area contributed by atoms with Crippen LogP contribution in [0.2, 0.25) is 0 Å². The van der Waals surface area contributed by atoms with Gasteiger partial charge in [-0.1, -0.05) is 6.07 Å². The molecular formula is C19H14F4N2O3. The van der Waals surface area contributed by atoms with E-state index in [2.05, 4.69) is 15.0 Å². The lowest BCUT2D eigenvalue weighted by Gasteiger charge is -2.17. The van der Waals surface area contributed by atoms with Crippen LogP contribution in [0.5, 0.6) is 5.75 Å². The lowest BCUT2D eigenvalue weighted by atomic mass is 9.87. The first-order valence-corrected chi connectivity index (χ1v) is 8.49. The molecule has 2 aromatic rings. The number of nitrogens with one attached hydrogen (secondary N) is 1. The van der Waals surface area contributed by atoms with E-state index < -0.39 is 35.6 Å². The topological polar surface area (TPSA) is 60.5 Å². The van der Waals surface area contributed by atoms with Crippen molar-refractivity contribution in [2.24, 2.45) is 0 Å². The summed E-state index contributed by atoms with van der Waals surface area (Å²) in [6.07, 6.45) is -1.17. The van der Waals surface area contributed by atoms with Gasteiger partial charge < -0.3 is 14.8 Å². The number of anilines is 1. The third-order valence-electron chi connectivity index (χ3n) is 4.63. The number of hydrogen-bond donors (Lipinski definition) is 1. The Labute approximate surface area is 157 Å². The van der Waals surface area contributed by atoms with Crippen LogP contribution in [0, 0.1) is 5.82 Å². The normalized spacial score (nSPS) is 21.1. The molecular weight excluding hydrogens is 380 g/mol. The third kappa shape index (κ3) is 3.45. The highest BCUT2D eigenvalue weighted by molar-refractivity contribution is 6.11. The number of hydrogen-bond acceptors (Lipinski definition) is 4. The van der Waals surface area contributed by atoms with E-state index in [1.807, 2.05) is 0 Å². The number of nitrogens with zero attached hydrogens (tertiary/aromatic N) is 1. The Kier molecular flexibility index (Phi) is 4.54. The molecule has 9 heteroatoms. The van der Waals surface area contributed by atoms with Crippen LogP contribution in [0.3, 0.4) is 0 Å². The van der Waals surface area contributed by atoms with Gasteiger partial charge in [0.15, 0.2) is 11.6 Å². The van der Waals surface area contributed by atoms with Gasteiger partial charge in [-0.15, -0.1) is 13.2 Å². The largest absolute Gasteiger partial charge is 0.573 e. The monoisotopic (exact) mass is 394 g/mol. The number of carbonyl (C=O) groups is 1. The fourth-order valence-electron chi connectivity index (χ4n) is 3.55. The average molecular weight is 394 g/mol. The highest BCUT2D eigenvalue weighted by atomic mass is 19.4. The zero-order valence-electron chi connectivity index (χ0n) is 14.3. The summed E-state index contributed by atoms with van der Waals surface area (Å²) >= 11 is 0. The maximum absolute atomic E-state index is 14.4. The minimum atomic E-state index is -5.04. The zero-order chi connectivity index (χ0) is 19.9. The number of rotatable bonds is 4. The Balaban J connectivity index is 1.65. The molecule has 0 radical (unpaired) electrons. The second-order valence-corrected chi connectivity index (χ2v) is 6.37. The van der Waals surface area contributed by atoms with Crippen LogP contribution in [0.4, 0.5) is 23.2 Å². The van der Waals surface area contributed by atoms with Gasteiger partial charge in [0, 0.05) is 12.4 Å². The standard InChI is InChI=1S/C19H14F4N2O3/c20-17-11(2-1-3-14(17)28-19(21,22)23)25-18(26)16-13-5-4-12(27-13)15(16)10-6-8-24-9-7-10/h1-3,6-9,12-13H,4-5H2,(H,25,26). The van der Waals surface area contributed by atoms with Gasteiger partial charge in [0.2, 0.25) is 0 Å². The van der Waals surface area contributed by atoms with Crippen LogP contribution in [-0.4, -0.2) is 29.5 Å². The van der Waals surface area contributed by atoms with Crippen LogP contribution in [0.25, 0.3) is 5.57 Å². The maximum Gasteiger partial charge on any atom is 0.573 e. The first-order chi connectivity index (χ1) is 13.3. The summed E-state index contributed by atoms with van der Waals surface area (Å²) in [6, 6.07) is 6.64. The molecule has 1 aromatic heterocycles. The minimum Gasteiger partial charge on any atom is -0.403 e. The maximum atomic E-state index is 14.4. The Morgan fingerprint density at radius 1 is 1.14 bits per heavy atom. The summed E-state index contributed by atoms with van der Waals surface area (Å²) in [5.74, 6) is -2.94. The number of fused-ring (bicyclic) bond motifs is 2. The fourth-order valence-corrected chi connectivity index (χ4v) is 3.55. The van der Waals surface area contributed by atoms with Crippen molar-refractivity contribution in [2.75, 3.05) is 5.32 Å². The molecule has 1 aromatic carbocycles. The van der Waals surface area contributed by atoms with E-state index in [-0.39, 0.29) is 6.10 Å². The van der Waals surface area contributed by atoms with E-state index in [1.165, 1.54) is 0 Å². The van der Waals surface area contributed by atoms with Gasteiger partial charge in [0.25, 0.3) is 5.91 Å². The molecule has 1 fully saturated rings. The fraction of sp³-hybridized carbons (Fsp3) is 0.263. The smallest absolute Gasteiger partial charge is 0.403 e. The van der Waals surface area contributed by atoms with Crippen molar-refractivity contribution in [3.05, 3.63) is 59.7 Å². The van der Waals surface area contributed by atoms with Gasteiger partial charge in [0.1, 0.15) is 0 Å². The van der Waals surface area contributed by atoms with Crippen LogP contribution in [0.15, 0.2) is 48.3 Å². The number of amides is 1. The Morgan fingerprint density at radius 2 is 1.86 bits per heavy atom. The SMILES string of the molecule is O=C(Nc1cccc(OC(F)(F)F)c1F)C1=C(c2ccncc2)C2CCC1O2. The second kappa shape index (κ2) is 6.90. The molecule has 2 aliphatic rings. The molecule has 3 heterocycles. The molecule has 1 N–H and O–H groups in total. The third-order valence-corrected chi connectivity index (χ3v) is 4.63. The average Bonchev–Trinajstić information content (AvgIpc) is 3.26. The van der Waals surface area contributed by atoms with Gasteiger partial charge >= 0.3 is 6.36 Å². The summed E-state index contributed by atoms with van der Waals surface area (Å²) in [7, 11) is 0. The quantitative estimate of drug-likeness (QED) is 0.795. The highest BCUT2D eigenvalue weighted by Crippen LogP contribution is 2.44. The van der Waals surface area contributed by atoms with Crippen molar-refractivity contribution in [2.45, 2.75) is 31.4 Å². The minimum absolute atomic E-state index is 0.252. The molecule has 5 nitrogen and oxygen atoms in total. The lowest BCUT2D eigenvalue weighted by molar-refractivity contribution is -0.275. The molecule has 0 spiro atoms. The highest BCUT2D eigenvalue weighted by Gasteiger charge is 2.43. The summed E-state index contributed by atoms with van der Waals surface area (Å²) in [5, 5.41) is 2.35. The summed E-state index contributed by atoms with van der Waals surface area (Å²) in [4.78, 5) is 16.8. The molecule has 0 aliphatic carbocycles. The van der Waals surface area contributed by atoms with Crippen molar-refractivity contribution < 1.29 is 31.8 Å². The first-order valence-electron chi connectivity index (χ1n) is 8.49. The Bertz CT molecular complexity index is 944.